The van der Waals surface area contributed by atoms with Crippen molar-refractivity contribution in [2.24, 2.45) is 0 Å². The fourth-order valence-electron chi connectivity index (χ4n) is 2.53. The molecule has 2 aromatic heterocycles. The van der Waals surface area contributed by atoms with Gasteiger partial charge in [0.05, 0.1) is 10.1 Å². The molecular formula is C19H21N3O2S2. The van der Waals surface area contributed by atoms with E-state index in [-0.39, 0.29) is 11.2 Å². The van der Waals surface area contributed by atoms with Crippen molar-refractivity contribution in [3.63, 3.8) is 0 Å². The van der Waals surface area contributed by atoms with Gasteiger partial charge in [0.25, 0.3) is 11.1 Å². The molecule has 136 valence electrons. The monoisotopic (exact) mass is 387 g/mol. The molecule has 0 aliphatic heterocycles. The van der Waals surface area contributed by atoms with E-state index in [4.69, 9.17) is 4.42 Å². The van der Waals surface area contributed by atoms with Gasteiger partial charge >= 0.3 is 0 Å². The van der Waals surface area contributed by atoms with E-state index in [2.05, 4.69) is 35.4 Å². The molecule has 1 unspecified atom stereocenters. The molecule has 0 aliphatic carbocycles. The predicted molar refractivity (Wildman–Crippen MR) is 107 cm³/mol. The number of thiophene rings is 1. The highest BCUT2D eigenvalue weighted by Gasteiger charge is 2.21. The molecule has 0 radical (unpaired) electrons. The van der Waals surface area contributed by atoms with Crippen molar-refractivity contribution in [1.82, 2.24) is 10.2 Å². The molecule has 0 spiro atoms. The van der Waals surface area contributed by atoms with Crippen LogP contribution >= 0.6 is 23.1 Å². The second-order valence-corrected chi connectivity index (χ2v) is 8.53. The smallest absolute Gasteiger partial charge is 0.277 e. The Hall–Kier alpha value is -2.12. The predicted octanol–water partition coefficient (Wildman–Crippen LogP) is 5.35. The first-order chi connectivity index (χ1) is 12.5. The SMILES string of the molecule is Cc1cccc(C(C)C)c1NC(=O)C(C)Sc1nnc(-c2cccs2)o1. The fourth-order valence-corrected chi connectivity index (χ4v) is 3.86. The number of anilines is 1. The highest BCUT2D eigenvalue weighted by molar-refractivity contribution is 8.00. The number of rotatable bonds is 6. The molecule has 1 N–H and O–H groups in total. The number of aromatic nitrogens is 2. The van der Waals surface area contributed by atoms with E-state index < -0.39 is 0 Å². The summed E-state index contributed by atoms with van der Waals surface area (Å²) in [6.07, 6.45) is 0. The number of carbonyl (C=O) groups excluding carboxylic acids is 1. The van der Waals surface area contributed by atoms with E-state index >= 15 is 0 Å². The lowest BCUT2D eigenvalue weighted by Gasteiger charge is -2.18. The molecule has 0 fully saturated rings. The number of carbonyl (C=O) groups is 1. The van der Waals surface area contributed by atoms with E-state index in [1.165, 1.54) is 23.1 Å². The molecule has 1 aromatic carbocycles. The Bertz CT molecular complexity index is 888. The van der Waals surface area contributed by atoms with Crippen molar-refractivity contribution in [2.75, 3.05) is 5.32 Å². The van der Waals surface area contributed by atoms with Gasteiger partial charge < -0.3 is 9.73 Å². The van der Waals surface area contributed by atoms with Crippen molar-refractivity contribution in [3.8, 4) is 10.8 Å². The minimum absolute atomic E-state index is 0.0814. The molecular weight excluding hydrogens is 366 g/mol. The topological polar surface area (TPSA) is 68.0 Å². The lowest BCUT2D eigenvalue weighted by molar-refractivity contribution is -0.115. The number of amides is 1. The third kappa shape index (κ3) is 4.16. The summed E-state index contributed by atoms with van der Waals surface area (Å²) in [5.41, 5.74) is 3.08. The van der Waals surface area contributed by atoms with E-state index in [1.807, 2.05) is 43.5 Å². The van der Waals surface area contributed by atoms with Crippen LogP contribution in [0.3, 0.4) is 0 Å². The summed E-state index contributed by atoms with van der Waals surface area (Å²) in [6.45, 7) is 8.08. The largest absolute Gasteiger partial charge is 0.410 e. The van der Waals surface area contributed by atoms with E-state index in [0.29, 0.717) is 17.0 Å². The average molecular weight is 388 g/mol. The Kier molecular flexibility index (Phi) is 5.78. The van der Waals surface area contributed by atoms with Gasteiger partial charge in [0.15, 0.2) is 0 Å². The molecule has 0 saturated carbocycles. The quantitative estimate of drug-likeness (QED) is 0.578. The van der Waals surface area contributed by atoms with Crippen LogP contribution in [0.1, 0.15) is 37.8 Å². The molecule has 1 amide bonds. The first-order valence-electron chi connectivity index (χ1n) is 8.40. The van der Waals surface area contributed by atoms with Gasteiger partial charge in [0.2, 0.25) is 5.91 Å². The summed E-state index contributed by atoms with van der Waals surface area (Å²) in [5.74, 6) is 0.732. The first kappa shape index (κ1) is 18.7. The molecule has 26 heavy (non-hydrogen) atoms. The van der Waals surface area contributed by atoms with Gasteiger partial charge in [0.1, 0.15) is 0 Å². The van der Waals surface area contributed by atoms with Gasteiger partial charge in [-0.3, -0.25) is 4.79 Å². The maximum absolute atomic E-state index is 12.7. The maximum Gasteiger partial charge on any atom is 0.277 e. The Morgan fingerprint density at radius 2 is 2.00 bits per heavy atom. The van der Waals surface area contributed by atoms with E-state index in [0.717, 1.165) is 21.7 Å². The van der Waals surface area contributed by atoms with Crippen LogP contribution in [0.4, 0.5) is 5.69 Å². The van der Waals surface area contributed by atoms with Gasteiger partial charge in [0, 0.05) is 5.69 Å². The minimum Gasteiger partial charge on any atom is -0.410 e. The summed E-state index contributed by atoms with van der Waals surface area (Å²) < 4.78 is 5.66. The maximum atomic E-state index is 12.7. The van der Waals surface area contributed by atoms with Crippen LogP contribution in [0, 0.1) is 6.92 Å². The average Bonchev–Trinajstić information content (AvgIpc) is 3.27. The Balaban J connectivity index is 1.69. The second-order valence-electron chi connectivity index (χ2n) is 6.29. The molecule has 5 nitrogen and oxygen atoms in total. The Labute approximate surface area is 161 Å². The van der Waals surface area contributed by atoms with Crippen LogP contribution < -0.4 is 5.32 Å². The van der Waals surface area contributed by atoms with Crippen molar-refractivity contribution >= 4 is 34.7 Å². The number of hydrogen-bond acceptors (Lipinski definition) is 6. The zero-order valence-corrected chi connectivity index (χ0v) is 16.8. The molecule has 0 bridgehead atoms. The molecule has 1 atom stereocenters. The van der Waals surface area contributed by atoms with Crippen molar-refractivity contribution in [3.05, 3.63) is 46.8 Å². The zero-order valence-electron chi connectivity index (χ0n) is 15.1. The second kappa shape index (κ2) is 8.05. The lowest BCUT2D eigenvalue weighted by Crippen LogP contribution is -2.23. The molecule has 3 rings (SSSR count). The number of nitrogens with one attached hydrogen (secondary N) is 1. The standard InChI is InChI=1S/C19H21N3O2S2/c1-11(2)14-8-5-7-12(3)16(14)20-17(23)13(4)26-19-22-21-18(24-19)15-9-6-10-25-15/h5-11,13H,1-4H3,(H,20,23). The zero-order chi connectivity index (χ0) is 18.7. The van der Waals surface area contributed by atoms with E-state index in [9.17, 15) is 4.79 Å². The molecule has 7 heteroatoms. The lowest BCUT2D eigenvalue weighted by atomic mass is 9.98. The van der Waals surface area contributed by atoms with Crippen molar-refractivity contribution < 1.29 is 9.21 Å². The minimum atomic E-state index is -0.355. The molecule has 0 saturated heterocycles. The number of hydrogen-bond donors (Lipinski definition) is 1. The van der Waals surface area contributed by atoms with Gasteiger partial charge in [-0.15, -0.1) is 21.5 Å². The summed E-state index contributed by atoms with van der Waals surface area (Å²) in [7, 11) is 0. The summed E-state index contributed by atoms with van der Waals surface area (Å²) in [4.78, 5) is 13.6. The first-order valence-corrected chi connectivity index (χ1v) is 10.2. The van der Waals surface area contributed by atoms with Gasteiger partial charge in [-0.05, 0) is 42.3 Å². The number of para-hydroxylation sites is 1. The molecule has 0 aliphatic rings. The van der Waals surface area contributed by atoms with E-state index in [1.54, 1.807) is 0 Å². The number of benzene rings is 1. The number of thioether (sulfide) groups is 1. The highest BCUT2D eigenvalue weighted by atomic mass is 32.2. The van der Waals surface area contributed by atoms with Crippen LogP contribution in [0.5, 0.6) is 0 Å². The Morgan fingerprint density at radius 3 is 2.69 bits per heavy atom. The van der Waals surface area contributed by atoms with Gasteiger partial charge in [-0.2, -0.15) is 0 Å². The van der Waals surface area contributed by atoms with Crippen LogP contribution in [0.25, 0.3) is 10.8 Å². The summed E-state index contributed by atoms with van der Waals surface area (Å²) in [5, 5.41) is 13.1. The van der Waals surface area contributed by atoms with Crippen LogP contribution in [-0.2, 0) is 4.79 Å². The van der Waals surface area contributed by atoms with Gasteiger partial charge in [-0.1, -0.05) is 49.9 Å². The summed E-state index contributed by atoms with van der Waals surface area (Å²) in [6, 6.07) is 9.93. The normalized spacial score (nSPS) is 12.3. The number of aryl methyl sites for hydroxylation is 1. The third-order valence-electron chi connectivity index (χ3n) is 3.96. The highest BCUT2D eigenvalue weighted by Crippen LogP contribution is 2.31. The van der Waals surface area contributed by atoms with Crippen molar-refractivity contribution in [2.45, 2.75) is 44.1 Å². The number of nitrogens with zero attached hydrogens (tertiary/aromatic N) is 2. The molecule has 2 heterocycles. The van der Waals surface area contributed by atoms with Crippen molar-refractivity contribution in [1.29, 1.82) is 0 Å². The van der Waals surface area contributed by atoms with Gasteiger partial charge in [-0.25, -0.2) is 0 Å². The van der Waals surface area contributed by atoms with Crippen LogP contribution in [0.2, 0.25) is 0 Å². The van der Waals surface area contributed by atoms with Crippen LogP contribution in [-0.4, -0.2) is 21.4 Å². The fraction of sp³-hybridized carbons (Fsp3) is 0.316. The third-order valence-corrected chi connectivity index (χ3v) is 5.75. The Morgan fingerprint density at radius 1 is 1.19 bits per heavy atom. The van der Waals surface area contributed by atoms with Crippen LogP contribution in [0.15, 0.2) is 45.4 Å². The summed E-state index contributed by atoms with van der Waals surface area (Å²) >= 11 is 2.80. The molecule has 3 aromatic rings.